The number of carbonyl (C=O) groups excluding carboxylic acids is 2. The zero-order valence-corrected chi connectivity index (χ0v) is 18.1. The standard InChI is InChI=1S/C19H20Cl2N2O5S/c1-28-19(25)13-5-3-6-15(11-13)22-18(24)7-4-10-23(29(2,26)27)17-12-14(20)8-9-16(17)21/h3,5-6,8-9,11-12H,4,7,10H2,1-2H3,(H,22,24). The first-order chi connectivity index (χ1) is 13.6. The molecule has 0 bridgehead atoms. The third kappa shape index (κ3) is 6.62. The molecule has 2 rings (SSSR count). The topological polar surface area (TPSA) is 92.8 Å². The van der Waals surface area contributed by atoms with Crippen molar-refractivity contribution in [3.8, 4) is 0 Å². The highest BCUT2D eigenvalue weighted by Crippen LogP contribution is 2.30. The molecular formula is C19H20Cl2N2O5S. The van der Waals surface area contributed by atoms with Gasteiger partial charge in [0.05, 0.1) is 29.6 Å². The Bertz CT molecular complexity index is 1010. The number of benzene rings is 2. The Labute approximate surface area is 179 Å². The van der Waals surface area contributed by atoms with Crippen molar-refractivity contribution in [1.82, 2.24) is 0 Å². The summed E-state index contributed by atoms with van der Waals surface area (Å²) in [6.07, 6.45) is 1.37. The van der Waals surface area contributed by atoms with Crippen molar-refractivity contribution in [2.24, 2.45) is 0 Å². The van der Waals surface area contributed by atoms with Crippen LogP contribution in [0.3, 0.4) is 0 Å². The SMILES string of the molecule is COC(=O)c1cccc(NC(=O)CCCN(c2cc(Cl)ccc2Cl)S(C)(=O)=O)c1. The van der Waals surface area contributed by atoms with Gasteiger partial charge in [0.15, 0.2) is 0 Å². The molecular weight excluding hydrogens is 439 g/mol. The molecule has 0 aliphatic heterocycles. The number of nitrogens with one attached hydrogen (secondary N) is 1. The third-order valence-corrected chi connectivity index (χ3v) is 5.64. The van der Waals surface area contributed by atoms with E-state index in [9.17, 15) is 18.0 Å². The van der Waals surface area contributed by atoms with Gasteiger partial charge in [-0.3, -0.25) is 9.10 Å². The number of sulfonamides is 1. The van der Waals surface area contributed by atoms with E-state index >= 15 is 0 Å². The molecule has 0 spiro atoms. The predicted molar refractivity (Wildman–Crippen MR) is 114 cm³/mol. The fourth-order valence-electron chi connectivity index (χ4n) is 2.59. The van der Waals surface area contributed by atoms with Crippen LogP contribution in [0.5, 0.6) is 0 Å². The van der Waals surface area contributed by atoms with Gasteiger partial charge < -0.3 is 10.1 Å². The first kappa shape index (κ1) is 23.0. The van der Waals surface area contributed by atoms with Crippen LogP contribution in [0.1, 0.15) is 23.2 Å². The van der Waals surface area contributed by atoms with Crippen molar-refractivity contribution in [1.29, 1.82) is 0 Å². The number of rotatable bonds is 8. The van der Waals surface area contributed by atoms with Crippen LogP contribution >= 0.6 is 23.2 Å². The lowest BCUT2D eigenvalue weighted by molar-refractivity contribution is -0.116. The molecule has 0 aromatic heterocycles. The number of amides is 1. The van der Waals surface area contributed by atoms with Gasteiger partial charge in [0, 0.05) is 23.7 Å². The van der Waals surface area contributed by atoms with E-state index in [1.54, 1.807) is 24.3 Å². The Balaban J connectivity index is 2.02. The summed E-state index contributed by atoms with van der Waals surface area (Å²) in [4.78, 5) is 23.8. The molecule has 0 fully saturated rings. The minimum atomic E-state index is -3.62. The Morgan fingerprint density at radius 2 is 1.86 bits per heavy atom. The number of methoxy groups -OCH3 is 1. The van der Waals surface area contributed by atoms with Crippen LogP contribution in [0, 0.1) is 0 Å². The molecule has 0 heterocycles. The second-order valence-corrected chi connectivity index (χ2v) is 8.91. The maximum absolute atomic E-state index is 12.2. The van der Waals surface area contributed by atoms with E-state index in [1.165, 1.54) is 25.3 Å². The van der Waals surface area contributed by atoms with Crippen LogP contribution in [0.15, 0.2) is 42.5 Å². The van der Waals surface area contributed by atoms with Crippen LogP contribution in [-0.4, -0.2) is 40.2 Å². The van der Waals surface area contributed by atoms with Crippen molar-refractivity contribution in [2.45, 2.75) is 12.8 Å². The molecule has 7 nitrogen and oxygen atoms in total. The monoisotopic (exact) mass is 458 g/mol. The predicted octanol–water partition coefficient (Wildman–Crippen LogP) is 3.96. The number of esters is 1. The highest BCUT2D eigenvalue weighted by Gasteiger charge is 2.20. The molecule has 0 radical (unpaired) electrons. The highest BCUT2D eigenvalue weighted by molar-refractivity contribution is 7.92. The van der Waals surface area contributed by atoms with Crippen molar-refractivity contribution in [3.63, 3.8) is 0 Å². The summed E-state index contributed by atoms with van der Waals surface area (Å²) in [5.41, 5.74) is 1.01. The Morgan fingerprint density at radius 1 is 1.14 bits per heavy atom. The second kappa shape index (κ2) is 9.96. The largest absolute Gasteiger partial charge is 0.465 e. The lowest BCUT2D eigenvalue weighted by atomic mass is 10.2. The van der Waals surface area contributed by atoms with Gasteiger partial charge in [-0.25, -0.2) is 13.2 Å². The van der Waals surface area contributed by atoms with Gasteiger partial charge in [0.25, 0.3) is 0 Å². The van der Waals surface area contributed by atoms with Gasteiger partial charge in [-0.05, 0) is 42.8 Å². The third-order valence-electron chi connectivity index (χ3n) is 3.91. The zero-order valence-electron chi connectivity index (χ0n) is 15.8. The molecule has 29 heavy (non-hydrogen) atoms. The minimum Gasteiger partial charge on any atom is -0.465 e. The van der Waals surface area contributed by atoms with Crippen LogP contribution < -0.4 is 9.62 Å². The lowest BCUT2D eigenvalue weighted by Gasteiger charge is -2.23. The smallest absolute Gasteiger partial charge is 0.337 e. The normalized spacial score (nSPS) is 11.0. The molecule has 0 saturated heterocycles. The van der Waals surface area contributed by atoms with Crippen molar-refractivity contribution >= 4 is 56.5 Å². The number of nitrogens with zero attached hydrogens (tertiary/aromatic N) is 1. The van der Waals surface area contributed by atoms with E-state index < -0.39 is 16.0 Å². The summed E-state index contributed by atoms with van der Waals surface area (Å²) in [5, 5.41) is 3.26. The molecule has 2 aromatic carbocycles. The minimum absolute atomic E-state index is 0.0501. The molecule has 1 amide bonds. The van der Waals surface area contributed by atoms with Gasteiger partial charge in [0.2, 0.25) is 15.9 Å². The molecule has 156 valence electrons. The maximum atomic E-state index is 12.2. The molecule has 10 heteroatoms. The fraction of sp³-hybridized carbons (Fsp3) is 0.263. The van der Waals surface area contributed by atoms with E-state index in [1.807, 2.05) is 0 Å². The van der Waals surface area contributed by atoms with E-state index in [0.29, 0.717) is 16.3 Å². The number of halogens is 2. The number of carbonyl (C=O) groups is 2. The number of hydrogen-bond donors (Lipinski definition) is 1. The molecule has 2 aromatic rings. The lowest BCUT2D eigenvalue weighted by Crippen LogP contribution is -2.31. The first-order valence-electron chi connectivity index (χ1n) is 8.53. The Kier molecular flexibility index (Phi) is 7.89. The Hall–Kier alpha value is -2.29. The summed E-state index contributed by atoms with van der Waals surface area (Å²) >= 11 is 12.1. The van der Waals surface area contributed by atoms with E-state index in [0.717, 1.165) is 10.6 Å². The quantitative estimate of drug-likeness (QED) is 0.604. The van der Waals surface area contributed by atoms with Gasteiger partial charge in [-0.2, -0.15) is 0 Å². The molecule has 0 aliphatic rings. The fourth-order valence-corrected chi connectivity index (χ4v) is 4.00. The van der Waals surface area contributed by atoms with Gasteiger partial charge in [-0.15, -0.1) is 0 Å². The number of anilines is 2. The average Bonchev–Trinajstić information content (AvgIpc) is 2.66. The molecule has 0 unspecified atom stereocenters. The van der Waals surface area contributed by atoms with Crippen molar-refractivity contribution < 1.29 is 22.7 Å². The highest BCUT2D eigenvalue weighted by atomic mass is 35.5. The number of ether oxygens (including phenoxy) is 1. The second-order valence-electron chi connectivity index (χ2n) is 6.15. The Morgan fingerprint density at radius 3 is 2.52 bits per heavy atom. The van der Waals surface area contributed by atoms with Gasteiger partial charge in [0.1, 0.15) is 0 Å². The van der Waals surface area contributed by atoms with Crippen LogP contribution in [0.2, 0.25) is 10.0 Å². The molecule has 1 N–H and O–H groups in total. The summed E-state index contributed by atoms with van der Waals surface area (Å²) in [6, 6.07) is 10.9. The molecule has 0 saturated carbocycles. The zero-order chi connectivity index (χ0) is 21.6. The van der Waals surface area contributed by atoms with Gasteiger partial charge >= 0.3 is 5.97 Å². The summed E-state index contributed by atoms with van der Waals surface area (Å²) in [6.45, 7) is 0.0501. The van der Waals surface area contributed by atoms with E-state index in [-0.39, 0.29) is 36.0 Å². The van der Waals surface area contributed by atoms with Crippen LogP contribution in [0.4, 0.5) is 11.4 Å². The summed E-state index contributed by atoms with van der Waals surface area (Å²) in [7, 11) is -2.35. The molecule has 0 atom stereocenters. The average molecular weight is 459 g/mol. The summed E-state index contributed by atoms with van der Waals surface area (Å²) in [5.74, 6) is -0.832. The van der Waals surface area contributed by atoms with E-state index in [2.05, 4.69) is 10.1 Å². The van der Waals surface area contributed by atoms with Crippen molar-refractivity contribution in [2.75, 3.05) is 29.5 Å². The molecule has 0 aliphatic carbocycles. The van der Waals surface area contributed by atoms with E-state index in [4.69, 9.17) is 23.2 Å². The maximum Gasteiger partial charge on any atom is 0.337 e. The van der Waals surface area contributed by atoms with Gasteiger partial charge in [-0.1, -0.05) is 29.3 Å². The summed E-state index contributed by atoms with van der Waals surface area (Å²) < 4.78 is 30.1. The van der Waals surface area contributed by atoms with Crippen LogP contribution in [0.25, 0.3) is 0 Å². The van der Waals surface area contributed by atoms with Crippen molar-refractivity contribution in [3.05, 3.63) is 58.1 Å². The number of hydrogen-bond acceptors (Lipinski definition) is 5. The first-order valence-corrected chi connectivity index (χ1v) is 11.1. The van der Waals surface area contributed by atoms with Crippen LogP contribution in [-0.2, 0) is 19.6 Å².